The number of nitrogens with one attached hydrogen (secondary N) is 1. The Bertz CT molecular complexity index is 98.5. The lowest BCUT2D eigenvalue weighted by Gasteiger charge is -2.17. The number of aliphatic hydroxyl groups is 1. The highest BCUT2D eigenvalue weighted by atomic mass is 16.5. The van der Waals surface area contributed by atoms with Crippen LogP contribution in [0.4, 0.5) is 0 Å². The zero-order chi connectivity index (χ0) is 9.40. The Morgan fingerprint density at radius 1 is 1.50 bits per heavy atom. The third-order valence-electron chi connectivity index (χ3n) is 2.14. The van der Waals surface area contributed by atoms with E-state index < -0.39 is 0 Å². The van der Waals surface area contributed by atoms with Gasteiger partial charge in [0.05, 0.1) is 12.7 Å². The molecule has 74 valence electrons. The Hall–Kier alpha value is -0.120. The summed E-state index contributed by atoms with van der Waals surface area (Å²) in [5.41, 5.74) is 0. The van der Waals surface area contributed by atoms with E-state index in [2.05, 4.69) is 19.2 Å². The third kappa shape index (κ3) is 5.52. The van der Waals surface area contributed by atoms with Gasteiger partial charge in [-0.25, -0.2) is 0 Å². The highest BCUT2D eigenvalue weighted by molar-refractivity contribution is 4.65. The van der Waals surface area contributed by atoms with Crippen molar-refractivity contribution in [3.63, 3.8) is 0 Å². The van der Waals surface area contributed by atoms with Crippen LogP contribution in [0.1, 0.15) is 20.3 Å². The van der Waals surface area contributed by atoms with Crippen LogP contribution < -0.4 is 5.32 Å². The summed E-state index contributed by atoms with van der Waals surface area (Å²) in [7, 11) is 1.67. The minimum absolute atomic E-state index is 0.230. The lowest BCUT2D eigenvalue weighted by atomic mass is 10.0. The van der Waals surface area contributed by atoms with Crippen LogP contribution in [-0.2, 0) is 4.74 Å². The van der Waals surface area contributed by atoms with E-state index in [0.717, 1.165) is 13.0 Å². The van der Waals surface area contributed by atoms with Crippen molar-refractivity contribution in [1.82, 2.24) is 5.32 Å². The van der Waals surface area contributed by atoms with Gasteiger partial charge in [-0.2, -0.15) is 0 Å². The minimum Gasteiger partial charge on any atom is -0.392 e. The molecule has 0 aromatic heterocycles. The van der Waals surface area contributed by atoms with Crippen molar-refractivity contribution in [1.29, 1.82) is 0 Å². The fourth-order valence-electron chi connectivity index (χ4n) is 0.897. The normalized spacial score (nSPS) is 16.0. The molecule has 2 unspecified atom stereocenters. The van der Waals surface area contributed by atoms with Crippen LogP contribution in [0.2, 0.25) is 0 Å². The molecule has 0 fully saturated rings. The molecule has 12 heavy (non-hydrogen) atoms. The fourth-order valence-corrected chi connectivity index (χ4v) is 0.897. The van der Waals surface area contributed by atoms with Gasteiger partial charge in [0.25, 0.3) is 0 Å². The molecular formula is C9H21NO2. The average Bonchev–Trinajstić information content (AvgIpc) is 2.10. The molecule has 0 heterocycles. The second-order valence-corrected chi connectivity index (χ2v) is 3.15. The summed E-state index contributed by atoms with van der Waals surface area (Å²) in [5.74, 6) is 0.375. The zero-order valence-corrected chi connectivity index (χ0v) is 8.34. The van der Waals surface area contributed by atoms with Crippen molar-refractivity contribution in [2.45, 2.75) is 26.4 Å². The predicted octanol–water partition coefficient (Wildman–Crippen LogP) is 0.629. The minimum atomic E-state index is -0.230. The topological polar surface area (TPSA) is 41.5 Å². The first kappa shape index (κ1) is 11.9. The van der Waals surface area contributed by atoms with Gasteiger partial charge in [-0.3, -0.25) is 0 Å². The molecule has 0 aromatic carbocycles. The standard InChI is InChI=1S/C9H21NO2/c1-4-8(2)9(11)7-10-5-6-12-3/h8-11H,4-7H2,1-3H3. The number of hydrogen-bond donors (Lipinski definition) is 2. The van der Waals surface area contributed by atoms with Gasteiger partial charge in [0.1, 0.15) is 0 Å². The molecule has 0 bridgehead atoms. The Morgan fingerprint density at radius 2 is 2.17 bits per heavy atom. The molecule has 2 atom stereocenters. The summed E-state index contributed by atoms with van der Waals surface area (Å²) in [5, 5.41) is 12.6. The second-order valence-electron chi connectivity index (χ2n) is 3.15. The zero-order valence-electron chi connectivity index (χ0n) is 8.34. The first-order chi connectivity index (χ1) is 5.72. The van der Waals surface area contributed by atoms with Crippen molar-refractivity contribution < 1.29 is 9.84 Å². The molecule has 3 heteroatoms. The quantitative estimate of drug-likeness (QED) is 0.558. The van der Waals surface area contributed by atoms with E-state index in [1.807, 2.05) is 0 Å². The highest BCUT2D eigenvalue weighted by Crippen LogP contribution is 2.05. The Morgan fingerprint density at radius 3 is 2.67 bits per heavy atom. The molecule has 0 saturated carbocycles. The second kappa shape index (κ2) is 7.53. The number of rotatable bonds is 7. The summed E-state index contributed by atoms with van der Waals surface area (Å²) in [6.45, 7) is 6.32. The first-order valence-corrected chi connectivity index (χ1v) is 4.60. The van der Waals surface area contributed by atoms with Crippen molar-refractivity contribution in [3.05, 3.63) is 0 Å². The van der Waals surface area contributed by atoms with E-state index in [0.29, 0.717) is 19.1 Å². The third-order valence-corrected chi connectivity index (χ3v) is 2.14. The van der Waals surface area contributed by atoms with Crippen LogP contribution in [0.3, 0.4) is 0 Å². The van der Waals surface area contributed by atoms with Crippen LogP contribution in [0, 0.1) is 5.92 Å². The molecule has 0 amide bonds. The summed E-state index contributed by atoms with van der Waals surface area (Å²) in [6, 6.07) is 0. The molecule has 0 aliphatic rings. The molecule has 0 aliphatic carbocycles. The van der Waals surface area contributed by atoms with Gasteiger partial charge in [0.2, 0.25) is 0 Å². The van der Waals surface area contributed by atoms with E-state index in [9.17, 15) is 5.11 Å². The van der Waals surface area contributed by atoms with E-state index in [1.165, 1.54) is 0 Å². The van der Waals surface area contributed by atoms with E-state index in [1.54, 1.807) is 7.11 Å². The van der Waals surface area contributed by atoms with Gasteiger partial charge in [0.15, 0.2) is 0 Å². The van der Waals surface area contributed by atoms with Gasteiger partial charge < -0.3 is 15.2 Å². The summed E-state index contributed by atoms with van der Waals surface area (Å²) < 4.78 is 4.87. The summed E-state index contributed by atoms with van der Waals surface area (Å²) in [6.07, 6.45) is 0.791. The van der Waals surface area contributed by atoms with Crippen LogP contribution >= 0.6 is 0 Å². The first-order valence-electron chi connectivity index (χ1n) is 4.60. The Kier molecular flexibility index (Phi) is 7.45. The molecule has 0 aliphatic heterocycles. The molecular weight excluding hydrogens is 154 g/mol. The monoisotopic (exact) mass is 175 g/mol. The van der Waals surface area contributed by atoms with Crippen LogP contribution in [0.25, 0.3) is 0 Å². The number of methoxy groups -OCH3 is 1. The molecule has 0 saturated heterocycles. The van der Waals surface area contributed by atoms with E-state index >= 15 is 0 Å². The van der Waals surface area contributed by atoms with Crippen LogP contribution in [0.15, 0.2) is 0 Å². The molecule has 0 radical (unpaired) electrons. The molecule has 2 N–H and O–H groups in total. The van der Waals surface area contributed by atoms with E-state index in [-0.39, 0.29) is 6.10 Å². The molecule has 3 nitrogen and oxygen atoms in total. The van der Waals surface area contributed by atoms with Crippen molar-refractivity contribution in [2.75, 3.05) is 26.8 Å². The average molecular weight is 175 g/mol. The number of hydrogen-bond acceptors (Lipinski definition) is 3. The maximum atomic E-state index is 9.51. The van der Waals surface area contributed by atoms with Gasteiger partial charge in [-0.15, -0.1) is 0 Å². The Balaban J connectivity index is 3.24. The van der Waals surface area contributed by atoms with Gasteiger partial charge in [-0.05, 0) is 5.92 Å². The fraction of sp³-hybridized carbons (Fsp3) is 1.00. The summed E-state index contributed by atoms with van der Waals surface area (Å²) in [4.78, 5) is 0. The smallest absolute Gasteiger partial charge is 0.0689 e. The van der Waals surface area contributed by atoms with Crippen LogP contribution in [-0.4, -0.2) is 38.0 Å². The molecule has 0 rings (SSSR count). The maximum Gasteiger partial charge on any atom is 0.0689 e. The van der Waals surface area contributed by atoms with Crippen LogP contribution in [0.5, 0.6) is 0 Å². The number of aliphatic hydroxyl groups excluding tert-OH is 1. The lowest BCUT2D eigenvalue weighted by Crippen LogP contribution is -2.33. The highest BCUT2D eigenvalue weighted by Gasteiger charge is 2.10. The van der Waals surface area contributed by atoms with E-state index in [4.69, 9.17) is 4.74 Å². The van der Waals surface area contributed by atoms with Crippen molar-refractivity contribution in [3.8, 4) is 0 Å². The SMILES string of the molecule is CCC(C)C(O)CNCCOC. The maximum absolute atomic E-state index is 9.51. The largest absolute Gasteiger partial charge is 0.392 e. The predicted molar refractivity (Wildman–Crippen MR) is 50.2 cm³/mol. The lowest BCUT2D eigenvalue weighted by molar-refractivity contribution is 0.109. The van der Waals surface area contributed by atoms with Crippen molar-refractivity contribution >= 4 is 0 Å². The van der Waals surface area contributed by atoms with Crippen molar-refractivity contribution in [2.24, 2.45) is 5.92 Å². The molecule has 0 spiro atoms. The molecule has 0 aromatic rings. The summed E-state index contributed by atoms with van der Waals surface area (Å²) >= 11 is 0. The van der Waals surface area contributed by atoms with Gasteiger partial charge in [-0.1, -0.05) is 20.3 Å². The Labute approximate surface area is 75.1 Å². The van der Waals surface area contributed by atoms with Gasteiger partial charge >= 0.3 is 0 Å². The van der Waals surface area contributed by atoms with Gasteiger partial charge in [0, 0.05) is 20.2 Å². The number of ether oxygens (including phenoxy) is 1.